The van der Waals surface area contributed by atoms with Gasteiger partial charge in [-0.2, -0.15) is 16.8 Å². The molecule has 2 aromatic heterocycles. The van der Waals surface area contributed by atoms with E-state index in [1.54, 1.807) is 72.8 Å². The van der Waals surface area contributed by atoms with Gasteiger partial charge in [0.2, 0.25) is 0 Å². The summed E-state index contributed by atoms with van der Waals surface area (Å²) >= 11 is 0. The molecule has 0 atom stereocenters. The van der Waals surface area contributed by atoms with Gasteiger partial charge in [-0.25, -0.2) is 0 Å². The summed E-state index contributed by atoms with van der Waals surface area (Å²) in [5.41, 5.74) is 2.19. The molecule has 5 rings (SSSR count). The van der Waals surface area contributed by atoms with Crippen molar-refractivity contribution in [2.45, 2.75) is 9.79 Å². The smallest absolute Gasteiger partial charge is 0.282 e. The molecule has 2 heterocycles. The number of pyridine rings is 2. The maximum absolute atomic E-state index is 12.1. The van der Waals surface area contributed by atoms with Gasteiger partial charge in [0.05, 0.1) is 11.0 Å². The molecule has 172 valence electrons. The molecule has 3 aromatic carbocycles. The molecule has 0 spiro atoms. The van der Waals surface area contributed by atoms with E-state index in [1.165, 1.54) is 0 Å². The third kappa shape index (κ3) is 5.30. The Morgan fingerprint density at radius 3 is 1.17 bits per heavy atom. The molecule has 0 aliphatic rings. The van der Waals surface area contributed by atoms with Crippen molar-refractivity contribution in [1.82, 2.24) is 9.97 Å². The molecule has 0 bridgehead atoms. The van der Waals surface area contributed by atoms with Gasteiger partial charge in [0.15, 0.2) is 0 Å². The van der Waals surface area contributed by atoms with Crippen LogP contribution in [0, 0.1) is 0 Å². The van der Waals surface area contributed by atoms with Crippen LogP contribution >= 0.6 is 0 Å². The van der Waals surface area contributed by atoms with E-state index in [9.17, 15) is 25.9 Å². The van der Waals surface area contributed by atoms with Gasteiger partial charge >= 0.3 is 0 Å². The fraction of sp³-hybridized carbons (Fsp3) is 0. The summed E-state index contributed by atoms with van der Waals surface area (Å²) in [4.78, 5) is 7.83. The van der Waals surface area contributed by atoms with Crippen molar-refractivity contribution in [2.75, 3.05) is 0 Å². The second kappa shape index (κ2) is 11.0. The van der Waals surface area contributed by atoms with Crippen LogP contribution in [0.25, 0.3) is 44.1 Å². The van der Waals surface area contributed by atoms with E-state index >= 15 is 0 Å². The molecule has 2 radical (unpaired) electrons. The van der Waals surface area contributed by atoms with Gasteiger partial charge in [-0.05, 0) is 11.1 Å². The Bertz CT molecular complexity index is 1670. The number of fused-ring (bicyclic) bond motifs is 3. The maximum Gasteiger partial charge on any atom is 0.296 e. The van der Waals surface area contributed by atoms with Crippen LogP contribution in [0.2, 0.25) is 0 Å². The first kappa shape index (κ1) is 28.9. The third-order valence-corrected chi connectivity index (χ3v) is 7.22. The van der Waals surface area contributed by atoms with Crippen LogP contribution in [-0.4, -0.2) is 95.0 Å². The first-order chi connectivity index (χ1) is 16.2. The Labute approximate surface area is 251 Å². The van der Waals surface area contributed by atoms with Crippen molar-refractivity contribution < 1.29 is 25.9 Å². The van der Waals surface area contributed by atoms with Crippen LogP contribution in [0.4, 0.5) is 0 Å². The van der Waals surface area contributed by atoms with Crippen LogP contribution in [0.3, 0.4) is 0 Å². The summed E-state index contributed by atoms with van der Waals surface area (Å²) in [6.45, 7) is 0. The first-order valence-corrected chi connectivity index (χ1v) is 12.8. The minimum Gasteiger partial charge on any atom is -0.282 e. The van der Waals surface area contributed by atoms with E-state index in [0.717, 1.165) is 12.4 Å². The summed E-state index contributed by atoms with van der Waals surface area (Å²) in [6.07, 6.45) is 2.11. The van der Waals surface area contributed by atoms with E-state index < -0.39 is 20.2 Å². The number of hydrogen-bond acceptors (Lipinski definition) is 6. The predicted octanol–water partition coefficient (Wildman–Crippen LogP) is 3.85. The summed E-state index contributed by atoms with van der Waals surface area (Å²) in [5, 5.41) is 0.805. The molecule has 2 N–H and O–H groups in total. The van der Waals surface area contributed by atoms with Gasteiger partial charge in [-0.1, -0.05) is 72.8 Å². The van der Waals surface area contributed by atoms with Gasteiger partial charge in [-0.3, -0.25) is 19.1 Å². The molecule has 5 aromatic rings. The Morgan fingerprint density at radius 2 is 0.861 bits per heavy atom. The van der Waals surface area contributed by atoms with E-state index in [4.69, 9.17) is 0 Å². The Kier molecular flexibility index (Phi) is 8.79. The number of aromatic nitrogens is 2. The van der Waals surface area contributed by atoms with Crippen LogP contribution in [0.1, 0.15) is 0 Å². The largest absolute Gasteiger partial charge is 0.296 e. The minimum absolute atomic E-state index is 0. The molecule has 0 amide bonds. The zero-order valence-corrected chi connectivity index (χ0v) is 25.0. The first-order valence-electron chi connectivity index (χ1n) is 9.96. The van der Waals surface area contributed by atoms with E-state index in [2.05, 4.69) is 9.97 Å². The third-order valence-electron chi connectivity index (χ3n) is 5.49. The Hall–Kier alpha value is -1.70. The molecule has 0 aliphatic heterocycles. The van der Waals surface area contributed by atoms with Gasteiger partial charge in [0.1, 0.15) is 9.79 Å². The van der Waals surface area contributed by atoms with Gasteiger partial charge < -0.3 is 0 Å². The second-order valence-electron chi connectivity index (χ2n) is 7.53. The van der Waals surface area contributed by atoms with Crippen molar-refractivity contribution in [3.05, 3.63) is 85.2 Å². The van der Waals surface area contributed by atoms with Crippen molar-refractivity contribution in [1.29, 1.82) is 0 Å². The molecular formula is C24H16N2Na2O6S2. The molecule has 0 saturated heterocycles. The second-order valence-corrected chi connectivity index (χ2v) is 10.3. The van der Waals surface area contributed by atoms with Gasteiger partial charge in [-0.15, -0.1) is 0 Å². The van der Waals surface area contributed by atoms with Crippen LogP contribution < -0.4 is 0 Å². The summed E-state index contributed by atoms with van der Waals surface area (Å²) < 4.78 is 68.2. The van der Waals surface area contributed by atoms with E-state index in [0.29, 0.717) is 32.9 Å². The van der Waals surface area contributed by atoms with E-state index in [1.807, 2.05) is 0 Å². The molecule has 0 fully saturated rings. The van der Waals surface area contributed by atoms with Crippen LogP contribution in [0.5, 0.6) is 0 Å². The van der Waals surface area contributed by atoms with Crippen molar-refractivity contribution >= 4 is 101 Å². The number of hydrogen-bond donors (Lipinski definition) is 2. The molecule has 12 heteroatoms. The van der Waals surface area contributed by atoms with Crippen molar-refractivity contribution in [2.24, 2.45) is 0 Å². The zero-order chi connectivity index (χ0) is 24.1. The number of nitrogens with zero attached hydrogens (tertiary/aromatic N) is 2. The standard InChI is InChI=1S/C24H16N2O6S2.2Na/c27-33(28,29)19-13-25-23-17(21(19)15-7-3-1-4-8-15)11-12-18-22(16-9-5-2-6-10-16)20(34(30,31)32)14-26-24(18)23;;/h1-14H,(H,27,28,29)(H,30,31,32);;. The van der Waals surface area contributed by atoms with Crippen LogP contribution in [0.15, 0.2) is 95.0 Å². The molecular weight excluding hydrogens is 522 g/mol. The van der Waals surface area contributed by atoms with Crippen molar-refractivity contribution in [3.8, 4) is 22.3 Å². The molecule has 0 unspecified atom stereocenters. The monoisotopic (exact) mass is 538 g/mol. The SMILES string of the molecule is O=S(=O)(O)c1cnc2c(ccc3c(-c4ccccc4)c(S(=O)(=O)O)cnc32)c1-c1ccccc1.[Na].[Na]. The fourth-order valence-corrected chi connectivity index (χ4v) is 5.43. The van der Waals surface area contributed by atoms with E-state index in [-0.39, 0.29) is 80.0 Å². The zero-order valence-electron chi connectivity index (χ0n) is 19.3. The summed E-state index contributed by atoms with van der Waals surface area (Å²) in [5.74, 6) is 0. The topological polar surface area (TPSA) is 135 Å². The molecule has 8 nitrogen and oxygen atoms in total. The average Bonchev–Trinajstić information content (AvgIpc) is 2.82. The maximum atomic E-state index is 12.1. The van der Waals surface area contributed by atoms with Gasteiger partial charge in [0, 0.05) is 93.4 Å². The minimum atomic E-state index is -4.60. The normalized spacial score (nSPS) is 11.6. The number of benzene rings is 3. The molecule has 36 heavy (non-hydrogen) atoms. The number of rotatable bonds is 4. The average molecular weight is 539 g/mol. The predicted molar refractivity (Wildman–Crippen MR) is 139 cm³/mol. The molecule has 0 aliphatic carbocycles. The summed E-state index contributed by atoms with van der Waals surface area (Å²) in [7, 11) is -9.20. The van der Waals surface area contributed by atoms with Gasteiger partial charge in [0.25, 0.3) is 20.2 Å². The Morgan fingerprint density at radius 1 is 0.528 bits per heavy atom. The fourth-order valence-electron chi connectivity index (χ4n) is 4.08. The Balaban J connectivity index is 0.00000180. The van der Waals surface area contributed by atoms with Crippen molar-refractivity contribution in [3.63, 3.8) is 0 Å². The summed E-state index contributed by atoms with van der Waals surface area (Å²) in [6, 6.07) is 20.5. The quantitative estimate of drug-likeness (QED) is 0.200. The molecule has 0 saturated carbocycles. The van der Waals surface area contributed by atoms with Crippen LogP contribution in [-0.2, 0) is 20.2 Å².